The van der Waals surface area contributed by atoms with Gasteiger partial charge in [-0.25, -0.2) is 8.78 Å². The second-order valence-electron chi connectivity index (χ2n) is 7.75. The predicted octanol–water partition coefficient (Wildman–Crippen LogP) is 4.63. The Morgan fingerprint density at radius 2 is 1.76 bits per heavy atom. The van der Waals surface area contributed by atoms with Crippen molar-refractivity contribution < 1.29 is 33.0 Å². The standard InChI is InChI=1S/C25H17F2NO5/c1-13-3-2-4-14(9-13)22-21(23(29)15-5-8-19-20(10-15)33-12-32-19)24(30)25(31)28(22)16-6-7-17(26)18(27)11-16/h2-11,22,29H,12H2,1H3/b23-21-. The van der Waals surface area contributed by atoms with E-state index in [2.05, 4.69) is 0 Å². The number of hydrogen-bond acceptors (Lipinski definition) is 5. The quantitative estimate of drug-likeness (QED) is 0.359. The molecule has 1 saturated heterocycles. The summed E-state index contributed by atoms with van der Waals surface area (Å²) in [7, 11) is 0. The second-order valence-corrected chi connectivity index (χ2v) is 7.75. The zero-order valence-corrected chi connectivity index (χ0v) is 17.3. The number of carbonyl (C=O) groups excluding carboxylic acids is 2. The minimum absolute atomic E-state index is 0.00718. The molecule has 5 rings (SSSR count). The Labute approximate surface area is 187 Å². The van der Waals surface area contributed by atoms with Gasteiger partial charge in [-0.1, -0.05) is 29.8 Å². The molecule has 2 aliphatic rings. The highest BCUT2D eigenvalue weighted by atomic mass is 19.2. The van der Waals surface area contributed by atoms with Crippen LogP contribution in [0.3, 0.4) is 0 Å². The zero-order chi connectivity index (χ0) is 23.3. The van der Waals surface area contributed by atoms with E-state index in [0.717, 1.165) is 22.6 Å². The van der Waals surface area contributed by atoms with Crippen LogP contribution in [0.4, 0.5) is 14.5 Å². The number of ether oxygens (including phenoxy) is 2. The van der Waals surface area contributed by atoms with Gasteiger partial charge in [-0.3, -0.25) is 14.5 Å². The number of aryl methyl sites for hydroxylation is 1. The van der Waals surface area contributed by atoms with Gasteiger partial charge in [0.15, 0.2) is 23.1 Å². The lowest BCUT2D eigenvalue weighted by Crippen LogP contribution is -2.29. The van der Waals surface area contributed by atoms with Crippen LogP contribution in [-0.4, -0.2) is 23.6 Å². The molecule has 0 spiro atoms. The van der Waals surface area contributed by atoms with Crippen LogP contribution in [0.2, 0.25) is 0 Å². The number of rotatable bonds is 3. The summed E-state index contributed by atoms with van der Waals surface area (Å²) in [6, 6.07) is 13.6. The Morgan fingerprint density at radius 1 is 0.970 bits per heavy atom. The minimum Gasteiger partial charge on any atom is -0.507 e. The van der Waals surface area contributed by atoms with E-state index in [1.165, 1.54) is 12.1 Å². The number of Topliss-reactive ketones (excluding diaryl/α,β-unsaturated/α-hetero) is 1. The lowest BCUT2D eigenvalue weighted by Gasteiger charge is -2.25. The van der Waals surface area contributed by atoms with Gasteiger partial charge in [-0.2, -0.15) is 0 Å². The Bertz CT molecular complexity index is 1350. The summed E-state index contributed by atoms with van der Waals surface area (Å²) in [6.07, 6.45) is 0. The van der Waals surface area contributed by atoms with E-state index in [9.17, 15) is 23.5 Å². The summed E-state index contributed by atoms with van der Waals surface area (Å²) in [5, 5.41) is 11.2. The Balaban J connectivity index is 1.72. The van der Waals surface area contributed by atoms with E-state index in [0.29, 0.717) is 17.1 Å². The summed E-state index contributed by atoms with van der Waals surface area (Å²) in [5.74, 6) is -3.68. The van der Waals surface area contributed by atoms with E-state index in [-0.39, 0.29) is 23.6 Å². The summed E-state index contributed by atoms with van der Waals surface area (Å²) in [5.41, 5.74) is 1.45. The van der Waals surface area contributed by atoms with E-state index < -0.39 is 35.1 Å². The van der Waals surface area contributed by atoms with Crippen molar-refractivity contribution >= 4 is 23.1 Å². The molecule has 3 aromatic rings. The van der Waals surface area contributed by atoms with Crippen molar-refractivity contribution in [2.75, 3.05) is 11.7 Å². The van der Waals surface area contributed by atoms with Gasteiger partial charge in [0, 0.05) is 17.3 Å². The predicted molar refractivity (Wildman–Crippen MR) is 115 cm³/mol. The van der Waals surface area contributed by atoms with Crippen LogP contribution in [0.1, 0.15) is 22.7 Å². The van der Waals surface area contributed by atoms with Gasteiger partial charge in [0.05, 0.1) is 11.6 Å². The van der Waals surface area contributed by atoms with Crippen molar-refractivity contribution in [3.05, 3.63) is 94.6 Å². The first kappa shape index (κ1) is 20.7. The van der Waals surface area contributed by atoms with Crippen LogP contribution >= 0.6 is 0 Å². The maximum atomic E-state index is 14.0. The molecule has 0 aliphatic carbocycles. The average molecular weight is 449 g/mol. The molecule has 0 aromatic heterocycles. The number of carbonyl (C=O) groups is 2. The molecule has 1 unspecified atom stereocenters. The zero-order valence-electron chi connectivity index (χ0n) is 17.3. The Morgan fingerprint density at radius 3 is 2.52 bits per heavy atom. The molecule has 2 heterocycles. The molecule has 2 aliphatic heterocycles. The summed E-state index contributed by atoms with van der Waals surface area (Å²) in [6.45, 7) is 1.87. The van der Waals surface area contributed by atoms with Gasteiger partial charge >= 0.3 is 0 Å². The number of hydrogen-bond donors (Lipinski definition) is 1. The second kappa shape index (κ2) is 7.74. The van der Waals surface area contributed by atoms with Crippen molar-refractivity contribution in [3.8, 4) is 11.5 Å². The molecule has 0 bridgehead atoms. The largest absolute Gasteiger partial charge is 0.507 e. The highest BCUT2D eigenvalue weighted by Crippen LogP contribution is 2.43. The molecule has 0 radical (unpaired) electrons. The molecule has 3 aromatic carbocycles. The molecule has 1 atom stereocenters. The number of ketones is 1. The normalized spacial score (nSPS) is 18.8. The SMILES string of the molecule is Cc1cccc(C2/C(=C(/O)c3ccc4c(c3)OCO4)C(=O)C(=O)N2c2ccc(F)c(F)c2)c1. The van der Waals surface area contributed by atoms with E-state index in [4.69, 9.17) is 9.47 Å². The fourth-order valence-corrected chi connectivity index (χ4v) is 4.09. The maximum Gasteiger partial charge on any atom is 0.300 e. The first-order valence-corrected chi connectivity index (χ1v) is 10.1. The summed E-state index contributed by atoms with van der Waals surface area (Å²) in [4.78, 5) is 27.3. The van der Waals surface area contributed by atoms with Gasteiger partial charge in [0.25, 0.3) is 11.7 Å². The third-order valence-electron chi connectivity index (χ3n) is 5.63. The molecule has 1 N–H and O–H groups in total. The number of amides is 1. The molecule has 33 heavy (non-hydrogen) atoms. The number of aliphatic hydroxyl groups excluding tert-OH is 1. The topological polar surface area (TPSA) is 76.1 Å². The fraction of sp³-hybridized carbons (Fsp3) is 0.120. The maximum absolute atomic E-state index is 14.0. The van der Waals surface area contributed by atoms with Crippen molar-refractivity contribution in [2.24, 2.45) is 0 Å². The van der Waals surface area contributed by atoms with Gasteiger partial charge in [0.2, 0.25) is 6.79 Å². The van der Waals surface area contributed by atoms with Crippen molar-refractivity contribution in [1.29, 1.82) is 0 Å². The molecule has 0 saturated carbocycles. The van der Waals surface area contributed by atoms with E-state index >= 15 is 0 Å². The van der Waals surface area contributed by atoms with Crippen LogP contribution in [0, 0.1) is 18.6 Å². The number of anilines is 1. The number of halogens is 2. The van der Waals surface area contributed by atoms with Crippen LogP contribution in [-0.2, 0) is 9.59 Å². The number of fused-ring (bicyclic) bond motifs is 1. The first-order valence-electron chi connectivity index (χ1n) is 10.1. The monoisotopic (exact) mass is 449 g/mol. The molecular formula is C25H17F2NO5. The van der Waals surface area contributed by atoms with Gasteiger partial charge < -0.3 is 14.6 Å². The minimum atomic E-state index is -1.16. The van der Waals surface area contributed by atoms with Gasteiger partial charge in [0.1, 0.15) is 5.76 Å². The molecule has 1 fully saturated rings. The molecular weight excluding hydrogens is 432 g/mol. The molecule has 6 nitrogen and oxygen atoms in total. The molecule has 1 amide bonds. The van der Waals surface area contributed by atoms with Crippen molar-refractivity contribution in [3.63, 3.8) is 0 Å². The Hall–Kier alpha value is -4.20. The van der Waals surface area contributed by atoms with Crippen LogP contribution in [0.5, 0.6) is 11.5 Å². The van der Waals surface area contributed by atoms with Crippen LogP contribution in [0.15, 0.2) is 66.2 Å². The van der Waals surface area contributed by atoms with Crippen molar-refractivity contribution in [2.45, 2.75) is 13.0 Å². The lowest BCUT2D eigenvalue weighted by atomic mass is 9.94. The summed E-state index contributed by atoms with van der Waals surface area (Å²) >= 11 is 0. The highest BCUT2D eigenvalue weighted by molar-refractivity contribution is 6.51. The molecule has 8 heteroatoms. The lowest BCUT2D eigenvalue weighted by molar-refractivity contribution is -0.132. The van der Waals surface area contributed by atoms with Crippen LogP contribution in [0.25, 0.3) is 5.76 Å². The third kappa shape index (κ3) is 3.40. The molecule has 166 valence electrons. The summed E-state index contributed by atoms with van der Waals surface area (Å²) < 4.78 is 38.2. The Kier molecular flexibility index (Phi) is 4.85. The fourth-order valence-electron chi connectivity index (χ4n) is 4.09. The van der Waals surface area contributed by atoms with E-state index in [1.54, 1.807) is 30.3 Å². The average Bonchev–Trinajstić information content (AvgIpc) is 3.37. The van der Waals surface area contributed by atoms with E-state index in [1.807, 2.05) is 13.0 Å². The highest BCUT2D eigenvalue weighted by Gasteiger charge is 2.47. The van der Waals surface area contributed by atoms with Crippen molar-refractivity contribution in [1.82, 2.24) is 0 Å². The van der Waals surface area contributed by atoms with Gasteiger partial charge in [-0.05, 0) is 42.8 Å². The van der Waals surface area contributed by atoms with Crippen LogP contribution < -0.4 is 14.4 Å². The first-order chi connectivity index (χ1) is 15.8. The smallest absolute Gasteiger partial charge is 0.300 e. The number of benzene rings is 3. The third-order valence-corrected chi connectivity index (χ3v) is 5.63. The number of aliphatic hydroxyl groups is 1. The number of nitrogens with zero attached hydrogens (tertiary/aromatic N) is 1. The van der Waals surface area contributed by atoms with Gasteiger partial charge in [-0.15, -0.1) is 0 Å².